The van der Waals surface area contributed by atoms with Gasteiger partial charge in [0.2, 0.25) is 11.8 Å². The number of likely N-dealkylation sites (tertiary alicyclic amines) is 1. The van der Waals surface area contributed by atoms with E-state index in [1.165, 1.54) is 0 Å². The average Bonchev–Trinajstić information content (AvgIpc) is 3.36. The van der Waals surface area contributed by atoms with Crippen molar-refractivity contribution in [1.29, 1.82) is 0 Å². The molecule has 2 aromatic heterocycles. The zero-order chi connectivity index (χ0) is 20.9. The zero-order valence-corrected chi connectivity index (χ0v) is 17.6. The molecule has 3 atom stereocenters. The molecule has 0 spiro atoms. The van der Waals surface area contributed by atoms with Crippen molar-refractivity contribution in [3.63, 3.8) is 0 Å². The van der Waals surface area contributed by atoms with E-state index in [0.29, 0.717) is 42.5 Å². The first-order valence-corrected chi connectivity index (χ1v) is 10.1. The van der Waals surface area contributed by atoms with Gasteiger partial charge in [0.05, 0.1) is 16.7 Å². The molecule has 0 bridgehead atoms. The monoisotopic (exact) mass is 400 g/mol. The predicted octanol–water partition coefficient (Wildman–Crippen LogP) is 1.36. The first kappa shape index (κ1) is 19.6. The molecule has 2 aromatic rings. The Balaban J connectivity index is 1.56. The lowest BCUT2D eigenvalue weighted by molar-refractivity contribution is -0.133. The molecule has 1 saturated carbocycles. The molecule has 0 radical (unpaired) electrons. The Morgan fingerprint density at radius 2 is 2.10 bits per heavy atom. The van der Waals surface area contributed by atoms with Gasteiger partial charge in [-0.1, -0.05) is 19.0 Å². The average molecular weight is 400 g/mol. The lowest BCUT2D eigenvalue weighted by atomic mass is 9.80. The third-order valence-corrected chi connectivity index (χ3v) is 6.23. The quantitative estimate of drug-likeness (QED) is 0.831. The normalized spacial score (nSPS) is 26.2. The lowest BCUT2D eigenvalue weighted by Gasteiger charge is -2.26. The van der Waals surface area contributed by atoms with Crippen LogP contribution in [0.3, 0.4) is 0 Å². The highest BCUT2D eigenvalue weighted by atomic mass is 16.5. The summed E-state index contributed by atoms with van der Waals surface area (Å²) >= 11 is 0. The van der Waals surface area contributed by atoms with E-state index in [0.717, 1.165) is 6.42 Å². The van der Waals surface area contributed by atoms with Crippen LogP contribution in [0, 0.1) is 25.7 Å². The van der Waals surface area contributed by atoms with Gasteiger partial charge in [-0.05, 0) is 32.6 Å². The maximum atomic E-state index is 12.8. The van der Waals surface area contributed by atoms with Crippen LogP contribution in [-0.2, 0) is 17.3 Å². The second-order valence-corrected chi connectivity index (χ2v) is 8.79. The van der Waals surface area contributed by atoms with Crippen molar-refractivity contribution in [3.8, 4) is 0 Å². The molecule has 4 rings (SSSR count). The molecule has 29 heavy (non-hydrogen) atoms. The van der Waals surface area contributed by atoms with Crippen LogP contribution in [0.5, 0.6) is 0 Å². The summed E-state index contributed by atoms with van der Waals surface area (Å²) in [5.41, 5.74) is 0.885. The van der Waals surface area contributed by atoms with Gasteiger partial charge in [-0.2, -0.15) is 10.1 Å². The summed E-state index contributed by atoms with van der Waals surface area (Å²) in [5.74, 6) is 1.30. The van der Waals surface area contributed by atoms with Crippen molar-refractivity contribution in [2.24, 2.45) is 18.9 Å². The Labute approximate surface area is 169 Å². The summed E-state index contributed by atoms with van der Waals surface area (Å²) in [5, 5.41) is 11.4. The van der Waals surface area contributed by atoms with E-state index < -0.39 is 5.41 Å². The Hall–Kier alpha value is -2.71. The molecule has 9 heteroatoms. The van der Waals surface area contributed by atoms with Crippen molar-refractivity contribution in [3.05, 3.63) is 29.2 Å². The second kappa shape index (κ2) is 6.96. The van der Waals surface area contributed by atoms with Gasteiger partial charge >= 0.3 is 0 Å². The second-order valence-electron chi connectivity index (χ2n) is 8.79. The number of aryl methyl sites for hydroxylation is 3. The summed E-state index contributed by atoms with van der Waals surface area (Å²) in [6.07, 6.45) is 3.18. The number of nitrogens with one attached hydrogen (secondary N) is 1. The van der Waals surface area contributed by atoms with E-state index >= 15 is 0 Å². The predicted molar refractivity (Wildman–Crippen MR) is 104 cm³/mol. The molecule has 1 unspecified atom stereocenters. The molecule has 2 fully saturated rings. The van der Waals surface area contributed by atoms with Crippen molar-refractivity contribution < 1.29 is 14.1 Å². The van der Waals surface area contributed by atoms with Crippen molar-refractivity contribution in [2.45, 2.75) is 52.0 Å². The lowest BCUT2D eigenvalue weighted by Crippen LogP contribution is -2.40. The topological polar surface area (TPSA) is 106 Å². The number of carbonyl (C=O) groups is 2. The first-order chi connectivity index (χ1) is 13.7. The van der Waals surface area contributed by atoms with Gasteiger partial charge in [0.25, 0.3) is 5.91 Å². The van der Waals surface area contributed by atoms with Crippen molar-refractivity contribution in [1.82, 2.24) is 30.1 Å². The fraction of sp³-hybridized carbons (Fsp3) is 0.650. The van der Waals surface area contributed by atoms with Gasteiger partial charge in [0.15, 0.2) is 5.82 Å². The van der Waals surface area contributed by atoms with Crippen LogP contribution in [0.15, 0.2) is 10.7 Å². The summed E-state index contributed by atoms with van der Waals surface area (Å²) < 4.78 is 7.22. The van der Waals surface area contributed by atoms with E-state index in [-0.39, 0.29) is 29.7 Å². The Morgan fingerprint density at radius 3 is 2.69 bits per heavy atom. The van der Waals surface area contributed by atoms with E-state index in [1.807, 2.05) is 25.7 Å². The molecule has 2 aliphatic rings. The molecule has 156 valence electrons. The van der Waals surface area contributed by atoms with Gasteiger partial charge in [-0.3, -0.25) is 14.3 Å². The van der Waals surface area contributed by atoms with Crippen molar-refractivity contribution in [2.75, 3.05) is 13.1 Å². The minimum Gasteiger partial charge on any atom is -0.349 e. The number of aromatic nitrogens is 4. The third kappa shape index (κ3) is 3.32. The molecule has 9 nitrogen and oxygen atoms in total. The van der Waals surface area contributed by atoms with Gasteiger partial charge in [-0.15, -0.1) is 0 Å². The Kier molecular flexibility index (Phi) is 4.71. The molecular weight excluding hydrogens is 372 g/mol. The third-order valence-electron chi connectivity index (χ3n) is 6.23. The van der Waals surface area contributed by atoms with E-state index in [1.54, 1.807) is 24.9 Å². The van der Waals surface area contributed by atoms with Crippen LogP contribution < -0.4 is 5.32 Å². The van der Waals surface area contributed by atoms with Crippen LogP contribution in [-0.4, -0.2) is 55.8 Å². The fourth-order valence-electron chi connectivity index (χ4n) is 4.93. The van der Waals surface area contributed by atoms with E-state index in [2.05, 4.69) is 20.6 Å². The maximum absolute atomic E-state index is 12.8. The highest BCUT2D eigenvalue weighted by molar-refractivity contribution is 5.95. The number of amides is 2. The van der Waals surface area contributed by atoms with Crippen LogP contribution in [0.1, 0.15) is 54.5 Å². The van der Waals surface area contributed by atoms with Gasteiger partial charge in [0.1, 0.15) is 0 Å². The highest BCUT2D eigenvalue weighted by Crippen LogP contribution is 2.50. The summed E-state index contributed by atoms with van der Waals surface area (Å²) in [4.78, 5) is 31.8. The minimum absolute atomic E-state index is 0.0179. The van der Waals surface area contributed by atoms with Crippen LogP contribution >= 0.6 is 0 Å². The maximum Gasteiger partial charge on any atom is 0.254 e. The van der Waals surface area contributed by atoms with Crippen molar-refractivity contribution >= 4 is 11.8 Å². The van der Waals surface area contributed by atoms with E-state index in [4.69, 9.17) is 4.52 Å². The highest BCUT2D eigenvalue weighted by Gasteiger charge is 2.58. The zero-order valence-electron chi connectivity index (χ0n) is 17.6. The minimum atomic E-state index is -0.409. The summed E-state index contributed by atoms with van der Waals surface area (Å²) in [6.45, 7) is 8.66. The van der Waals surface area contributed by atoms with Crippen LogP contribution in [0.4, 0.5) is 0 Å². The summed E-state index contributed by atoms with van der Waals surface area (Å²) in [7, 11) is 1.80. The molecular formula is C20H28N6O3. The number of rotatable bonds is 4. The standard InChI is InChI=1S/C20H28N6O3/c1-11(2)18(28)26-8-14-6-15(22-17(27)16-9-25(5)23-12(16)3)7-20(14,10-26)19-21-13(4)24-29-19/h9,11,14-15H,6-8,10H2,1-5H3,(H,22,27)/t14?,15-,20+/m1/s1. The molecule has 0 aromatic carbocycles. The number of fused-ring (bicyclic) bond motifs is 1. The Morgan fingerprint density at radius 1 is 1.34 bits per heavy atom. The number of hydrogen-bond donors (Lipinski definition) is 1. The number of hydrogen-bond acceptors (Lipinski definition) is 6. The van der Waals surface area contributed by atoms with Gasteiger partial charge in [0, 0.05) is 38.3 Å². The smallest absolute Gasteiger partial charge is 0.254 e. The number of nitrogens with zero attached hydrogens (tertiary/aromatic N) is 5. The van der Waals surface area contributed by atoms with E-state index in [9.17, 15) is 9.59 Å². The van der Waals surface area contributed by atoms with Crippen LogP contribution in [0.25, 0.3) is 0 Å². The molecule has 1 aliphatic heterocycles. The molecule has 1 N–H and O–H groups in total. The largest absolute Gasteiger partial charge is 0.349 e. The fourth-order valence-corrected chi connectivity index (χ4v) is 4.93. The van der Waals surface area contributed by atoms with Gasteiger partial charge < -0.3 is 14.7 Å². The molecule has 3 heterocycles. The molecule has 1 saturated heterocycles. The number of carbonyl (C=O) groups excluding carboxylic acids is 2. The molecule has 1 aliphatic carbocycles. The first-order valence-electron chi connectivity index (χ1n) is 10.1. The SMILES string of the molecule is Cc1noc([C@]23C[C@H](NC(=O)c4cn(C)nc4C)CC2CN(C(=O)C(C)C)C3)n1. The molecule has 2 amide bonds. The van der Waals surface area contributed by atoms with Crippen LogP contribution in [0.2, 0.25) is 0 Å². The Bertz CT molecular complexity index is 948. The summed E-state index contributed by atoms with van der Waals surface area (Å²) in [6, 6.07) is -0.0179. The van der Waals surface area contributed by atoms with Gasteiger partial charge in [-0.25, -0.2) is 0 Å².